The van der Waals surface area contributed by atoms with Crippen molar-refractivity contribution in [1.82, 2.24) is 0 Å². The molecule has 1 aliphatic heterocycles. The predicted octanol–water partition coefficient (Wildman–Crippen LogP) is 5.32. The number of para-hydroxylation sites is 1. The van der Waals surface area contributed by atoms with Gasteiger partial charge in [0.1, 0.15) is 11.5 Å². The van der Waals surface area contributed by atoms with Crippen molar-refractivity contribution in [1.29, 1.82) is 0 Å². The third-order valence-electron chi connectivity index (χ3n) is 4.62. The maximum Gasteiger partial charge on any atom is 0.131 e. The van der Waals surface area contributed by atoms with Crippen molar-refractivity contribution in [2.75, 3.05) is 19.0 Å². The number of anilines is 1. The second-order valence-electron chi connectivity index (χ2n) is 6.50. The zero-order chi connectivity index (χ0) is 17.2. The maximum atomic E-state index is 6.18. The number of ether oxygens (including phenoxy) is 1. The van der Waals surface area contributed by atoms with Gasteiger partial charge in [-0.2, -0.15) is 0 Å². The van der Waals surface area contributed by atoms with Gasteiger partial charge < -0.3 is 9.64 Å². The molecule has 0 saturated carbocycles. The molecule has 0 N–H and O–H groups in total. The number of fused-ring (bicyclic) bond motifs is 1. The minimum absolute atomic E-state index is 0.191. The Hall–Kier alpha value is -3.00. The Morgan fingerprint density at radius 1 is 0.760 bits per heavy atom. The third-order valence-corrected chi connectivity index (χ3v) is 4.62. The quantitative estimate of drug-likeness (QED) is 0.646. The van der Waals surface area contributed by atoms with Gasteiger partial charge in [-0.3, -0.25) is 0 Å². The lowest BCUT2D eigenvalue weighted by Crippen LogP contribution is -2.11. The van der Waals surface area contributed by atoms with Crippen LogP contribution in [0.4, 0.5) is 5.69 Å². The summed E-state index contributed by atoms with van der Waals surface area (Å²) in [5, 5.41) is 0. The molecule has 25 heavy (non-hydrogen) atoms. The summed E-state index contributed by atoms with van der Waals surface area (Å²) in [5.74, 6) is 2.04. The van der Waals surface area contributed by atoms with Crippen LogP contribution in [-0.4, -0.2) is 14.1 Å². The minimum atomic E-state index is 0.191. The summed E-state index contributed by atoms with van der Waals surface area (Å²) in [6, 6.07) is 27.3. The monoisotopic (exact) mass is 327 g/mol. The number of hydrogen-bond donors (Lipinski definition) is 0. The first-order valence-corrected chi connectivity index (χ1v) is 8.54. The molecule has 0 spiro atoms. The highest BCUT2D eigenvalue weighted by atomic mass is 16.5. The molecule has 0 aliphatic carbocycles. The van der Waals surface area contributed by atoms with Crippen molar-refractivity contribution in [3.8, 4) is 5.75 Å². The van der Waals surface area contributed by atoms with Gasteiger partial charge in [0.05, 0.1) is 0 Å². The molecular weight excluding hydrogens is 306 g/mol. The Labute approximate surface area is 149 Å². The third kappa shape index (κ3) is 3.03. The summed E-state index contributed by atoms with van der Waals surface area (Å²) in [6.07, 6.45) is 2.22. The normalized spacial score (nSPS) is 15.8. The van der Waals surface area contributed by atoms with E-state index in [1.165, 1.54) is 16.8 Å². The molecule has 0 radical (unpaired) electrons. The van der Waals surface area contributed by atoms with Gasteiger partial charge in [-0.1, -0.05) is 60.7 Å². The van der Waals surface area contributed by atoms with Crippen molar-refractivity contribution in [3.63, 3.8) is 0 Å². The van der Waals surface area contributed by atoms with Crippen molar-refractivity contribution in [3.05, 3.63) is 102 Å². The molecule has 0 amide bonds. The van der Waals surface area contributed by atoms with Gasteiger partial charge in [0.2, 0.25) is 0 Å². The lowest BCUT2D eigenvalue weighted by molar-refractivity contribution is 0.492. The van der Waals surface area contributed by atoms with E-state index in [9.17, 15) is 0 Å². The fourth-order valence-electron chi connectivity index (χ4n) is 3.24. The number of allylic oxidation sites excluding steroid dienone is 1. The van der Waals surface area contributed by atoms with Crippen LogP contribution in [0.25, 0.3) is 5.76 Å². The lowest BCUT2D eigenvalue weighted by atomic mass is 9.87. The molecule has 0 aromatic heterocycles. The SMILES string of the molecule is CN(C)c1ccc([C@H]2C=C(c3ccccc3)Oc3ccccc32)cc1. The molecule has 2 heteroatoms. The number of nitrogens with zero attached hydrogens (tertiary/aromatic N) is 1. The highest BCUT2D eigenvalue weighted by Crippen LogP contribution is 2.40. The van der Waals surface area contributed by atoms with Crippen LogP contribution in [0.2, 0.25) is 0 Å². The average Bonchev–Trinajstić information content (AvgIpc) is 2.68. The first-order chi connectivity index (χ1) is 12.2. The molecule has 0 fully saturated rings. The summed E-state index contributed by atoms with van der Waals surface area (Å²) in [5.41, 5.74) is 4.79. The van der Waals surface area contributed by atoms with Crippen LogP contribution in [-0.2, 0) is 0 Å². The van der Waals surface area contributed by atoms with E-state index in [0.29, 0.717) is 0 Å². The largest absolute Gasteiger partial charge is 0.457 e. The molecule has 4 rings (SSSR count). The Kier molecular flexibility index (Phi) is 4.02. The minimum Gasteiger partial charge on any atom is -0.457 e. The second kappa shape index (κ2) is 6.48. The summed E-state index contributed by atoms with van der Waals surface area (Å²) in [4.78, 5) is 2.12. The van der Waals surface area contributed by atoms with Gasteiger partial charge >= 0.3 is 0 Å². The van der Waals surface area contributed by atoms with Gasteiger partial charge in [0.15, 0.2) is 0 Å². The van der Waals surface area contributed by atoms with E-state index in [1.54, 1.807) is 0 Å². The van der Waals surface area contributed by atoms with Crippen molar-refractivity contribution in [2.45, 2.75) is 5.92 Å². The maximum absolute atomic E-state index is 6.18. The van der Waals surface area contributed by atoms with Gasteiger partial charge in [0, 0.05) is 36.8 Å². The molecule has 0 unspecified atom stereocenters. The standard InChI is InChI=1S/C23H21NO/c1-24(2)19-14-12-17(13-15-19)21-16-23(18-8-4-3-5-9-18)25-22-11-7-6-10-20(21)22/h3-16,21H,1-2H3/t21-/m1/s1. The van der Waals surface area contributed by atoms with Crippen LogP contribution in [0.1, 0.15) is 22.6 Å². The summed E-state index contributed by atoms with van der Waals surface area (Å²) in [7, 11) is 4.12. The van der Waals surface area contributed by atoms with Gasteiger partial charge in [-0.05, 0) is 29.8 Å². The first kappa shape index (κ1) is 15.5. The Balaban J connectivity index is 1.79. The average molecular weight is 327 g/mol. The second-order valence-corrected chi connectivity index (χ2v) is 6.50. The molecule has 0 saturated heterocycles. The number of hydrogen-bond acceptors (Lipinski definition) is 2. The highest BCUT2D eigenvalue weighted by molar-refractivity contribution is 5.68. The number of rotatable bonds is 3. The van der Waals surface area contributed by atoms with Gasteiger partial charge in [-0.25, -0.2) is 0 Å². The molecular formula is C23H21NO. The van der Waals surface area contributed by atoms with Crippen LogP contribution in [0.3, 0.4) is 0 Å². The van der Waals surface area contributed by atoms with E-state index in [2.05, 4.69) is 73.6 Å². The predicted molar refractivity (Wildman–Crippen MR) is 104 cm³/mol. The van der Waals surface area contributed by atoms with E-state index in [-0.39, 0.29) is 5.92 Å². The van der Waals surface area contributed by atoms with E-state index < -0.39 is 0 Å². The van der Waals surface area contributed by atoms with Crippen molar-refractivity contribution < 1.29 is 4.74 Å². The Morgan fingerprint density at radius 2 is 1.44 bits per heavy atom. The fourth-order valence-corrected chi connectivity index (χ4v) is 3.24. The summed E-state index contributed by atoms with van der Waals surface area (Å²) in [6.45, 7) is 0. The Bertz CT molecular complexity index is 895. The van der Waals surface area contributed by atoms with Crippen molar-refractivity contribution >= 4 is 11.4 Å². The topological polar surface area (TPSA) is 12.5 Å². The molecule has 1 atom stereocenters. The summed E-state index contributed by atoms with van der Waals surface area (Å²) < 4.78 is 6.18. The highest BCUT2D eigenvalue weighted by Gasteiger charge is 2.23. The van der Waals surface area contributed by atoms with E-state index in [4.69, 9.17) is 4.74 Å². The molecule has 1 aliphatic rings. The van der Waals surface area contributed by atoms with Crippen LogP contribution in [0.15, 0.2) is 84.9 Å². The lowest BCUT2D eigenvalue weighted by Gasteiger charge is -2.26. The molecule has 3 aromatic rings. The summed E-state index contributed by atoms with van der Waals surface area (Å²) >= 11 is 0. The molecule has 2 nitrogen and oxygen atoms in total. The molecule has 124 valence electrons. The molecule has 0 bridgehead atoms. The zero-order valence-electron chi connectivity index (χ0n) is 14.5. The van der Waals surface area contributed by atoms with E-state index in [0.717, 1.165) is 17.1 Å². The Morgan fingerprint density at radius 3 is 2.16 bits per heavy atom. The fraction of sp³-hybridized carbons (Fsp3) is 0.130. The van der Waals surface area contributed by atoms with Crippen LogP contribution in [0, 0.1) is 0 Å². The van der Waals surface area contributed by atoms with Gasteiger partial charge in [-0.15, -0.1) is 0 Å². The smallest absolute Gasteiger partial charge is 0.131 e. The van der Waals surface area contributed by atoms with Crippen LogP contribution >= 0.6 is 0 Å². The molecule has 1 heterocycles. The van der Waals surface area contributed by atoms with Crippen LogP contribution in [0.5, 0.6) is 5.75 Å². The molecule has 3 aromatic carbocycles. The number of benzene rings is 3. The van der Waals surface area contributed by atoms with Crippen molar-refractivity contribution in [2.24, 2.45) is 0 Å². The zero-order valence-corrected chi connectivity index (χ0v) is 14.5. The van der Waals surface area contributed by atoms with Crippen LogP contribution < -0.4 is 9.64 Å². The van der Waals surface area contributed by atoms with Gasteiger partial charge in [0.25, 0.3) is 0 Å². The van der Waals surface area contributed by atoms with E-state index in [1.807, 2.05) is 30.3 Å². The van der Waals surface area contributed by atoms with E-state index >= 15 is 0 Å². The first-order valence-electron chi connectivity index (χ1n) is 8.54.